The van der Waals surface area contributed by atoms with Gasteiger partial charge in [-0.2, -0.15) is 0 Å². The summed E-state index contributed by atoms with van der Waals surface area (Å²) < 4.78 is 32.6. The van der Waals surface area contributed by atoms with Crippen LogP contribution in [0.15, 0.2) is 60.8 Å². The molecule has 0 saturated heterocycles. The van der Waals surface area contributed by atoms with Gasteiger partial charge in [0.05, 0.1) is 24.2 Å². The Kier molecular flexibility index (Phi) is 8.22. The van der Waals surface area contributed by atoms with Crippen molar-refractivity contribution in [3.05, 3.63) is 93.7 Å². The first-order valence-corrected chi connectivity index (χ1v) is 10.2. The number of rotatable bonds is 11. The highest BCUT2D eigenvalue weighted by Gasteiger charge is 2.24. The van der Waals surface area contributed by atoms with Crippen molar-refractivity contribution < 1.29 is 23.5 Å². The lowest BCUT2D eigenvalue weighted by molar-refractivity contribution is -0.384. The van der Waals surface area contributed by atoms with Crippen LogP contribution in [-0.2, 0) is 13.0 Å². The van der Waals surface area contributed by atoms with E-state index in [2.05, 4.69) is 15.6 Å². The molecule has 1 heterocycles. The van der Waals surface area contributed by atoms with Crippen LogP contribution in [0.25, 0.3) is 0 Å². The highest BCUT2D eigenvalue weighted by molar-refractivity contribution is 5.56. The van der Waals surface area contributed by atoms with E-state index in [0.29, 0.717) is 12.3 Å². The number of benzene rings is 2. The summed E-state index contributed by atoms with van der Waals surface area (Å²) in [4.78, 5) is 14.7. The number of nitrogens with one attached hydrogen (secondary N) is 2. The molecule has 10 heteroatoms. The molecule has 174 valence electrons. The first kappa shape index (κ1) is 24.0. The largest absolute Gasteiger partial charge is 0.497 e. The van der Waals surface area contributed by atoms with Gasteiger partial charge in [0.25, 0.3) is 0 Å². The minimum atomic E-state index is -1.07. The van der Waals surface area contributed by atoms with Gasteiger partial charge in [0.1, 0.15) is 17.4 Å². The van der Waals surface area contributed by atoms with Gasteiger partial charge in [0, 0.05) is 31.4 Å². The Hall–Kier alpha value is -3.63. The first-order valence-electron chi connectivity index (χ1n) is 10.2. The molecule has 0 aliphatic carbocycles. The van der Waals surface area contributed by atoms with Gasteiger partial charge in [-0.1, -0.05) is 12.1 Å². The van der Waals surface area contributed by atoms with Crippen LogP contribution in [-0.4, -0.2) is 40.8 Å². The van der Waals surface area contributed by atoms with Crippen molar-refractivity contribution in [2.24, 2.45) is 0 Å². The summed E-state index contributed by atoms with van der Waals surface area (Å²) in [6.07, 6.45) is 0.315. The van der Waals surface area contributed by atoms with Gasteiger partial charge in [0.2, 0.25) is 5.82 Å². The molecule has 2 atom stereocenters. The van der Waals surface area contributed by atoms with E-state index in [9.17, 15) is 24.0 Å². The predicted octanol–water partition coefficient (Wildman–Crippen LogP) is 3.45. The van der Waals surface area contributed by atoms with E-state index in [-0.39, 0.29) is 30.0 Å². The van der Waals surface area contributed by atoms with E-state index < -0.39 is 28.7 Å². The molecule has 2 aromatic carbocycles. The summed E-state index contributed by atoms with van der Waals surface area (Å²) >= 11 is 0. The van der Waals surface area contributed by atoms with E-state index in [1.54, 1.807) is 7.11 Å². The van der Waals surface area contributed by atoms with Crippen LogP contribution in [0.5, 0.6) is 5.75 Å². The van der Waals surface area contributed by atoms with Crippen molar-refractivity contribution in [1.82, 2.24) is 10.3 Å². The Labute approximate surface area is 189 Å². The third kappa shape index (κ3) is 6.93. The summed E-state index contributed by atoms with van der Waals surface area (Å²) in [5.41, 5.74) is 0.943. The highest BCUT2D eigenvalue weighted by Crippen LogP contribution is 2.23. The Morgan fingerprint density at radius 2 is 1.88 bits per heavy atom. The van der Waals surface area contributed by atoms with Crippen molar-refractivity contribution >= 4 is 11.5 Å². The molecule has 0 bridgehead atoms. The number of aliphatic hydroxyl groups excluding tert-OH is 1. The maximum Gasteiger partial charge on any atom is 0.311 e. The number of hydrogen-bond donors (Lipinski definition) is 3. The Morgan fingerprint density at radius 1 is 1.12 bits per heavy atom. The minimum Gasteiger partial charge on any atom is -0.497 e. The van der Waals surface area contributed by atoms with Gasteiger partial charge < -0.3 is 20.5 Å². The lowest BCUT2D eigenvalue weighted by Crippen LogP contribution is -2.42. The fraction of sp³-hybridized carbons (Fsp3) is 0.261. The average molecular weight is 458 g/mol. The highest BCUT2D eigenvalue weighted by atomic mass is 19.1. The lowest BCUT2D eigenvalue weighted by Gasteiger charge is -2.25. The molecule has 0 spiro atoms. The third-order valence-electron chi connectivity index (χ3n) is 4.96. The molecule has 0 aliphatic rings. The molecular formula is C23H24F2N4O4. The molecule has 0 unspecified atom stereocenters. The molecule has 1 aromatic heterocycles. The Balaban J connectivity index is 1.75. The second-order valence-electron chi connectivity index (χ2n) is 7.41. The maximum atomic E-state index is 13.7. The Bertz CT molecular complexity index is 1080. The number of methoxy groups -OCH3 is 1. The molecule has 0 saturated carbocycles. The van der Waals surface area contributed by atoms with Crippen molar-refractivity contribution in [2.45, 2.75) is 25.1 Å². The number of anilines is 1. The number of nitro groups is 1. The quantitative estimate of drug-likeness (QED) is 0.298. The molecule has 3 N–H and O–H groups in total. The van der Waals surface area contributed by atoms with E-state index >= 15 is 0 Å². The molecular weight excluding hydrogens is 434 g/mol. The van der Waals surface area contributed by atoms with Crippen LogP contribution in [0.2, 0.25) is 0 Å². The SMILES string of the molecule is COc1cccc(CNC[C@@H](O)[C@H](Cc2cc(F)cc(F)c2)Nc2ncccc2[N+](=O)[O-])c1. The smallest absolute Gasteiger partial charge is 0.311 e. The number of pyridine rings is 1. The summed E-state index contributed by atoms with van der Waals surface area (Å²) in [6.45, 7) is 0.534. The monoisotopic (exact) mass is 458 g/mol. The summed E-state index contributed by atoms with van der Waals surface area (Å²) in [6, 6.07) is 12.3. The minimum absolute atomic E-state index is 0.00438. The summed E-state index contributed by atoms with van der Waals surface area (Å²) in [7, 11) is 1.57. The van der Waals surface area contributed by atoms with Crippen LogP contribution in [0.4, 0.5) is 20.3 Å². The lowest BCUT2D eigenvalue weighted by atomic mass is 10.0. The van der Waals surface area contributed by atoms with Crippen LogP contribution in [0, 0.1) is 21.7 Å². The van der Waals surface area contributed by atoms with Crippen molar-refractivity contribution in [1.29, 1.82) is 0 Å². The topological polar surface area (TPSA) is 110 Å². The van der Waals surface area contributed by atoms with Crippen LogP contribution < -0.4 is 15.4 Å². The van der Waals surface area contributed by atoms with Gasteiger partial charge in [-0.25, -0.2) is 13.8 Å². The van der Waals surface area contributed by atoms with Crippen LogP contribution in [0.3, 0.4) is 0 Å². The zero-order chi connectivity index (χ0) is 23.8. The summed E-state index contributed by atoms with van der Waals surface area (Å²) in [5, 5.41) is 28.2. The second-order valence-corrected chi connectivity index (χ2v) is 7.41. The molecule has 33 heavy (non-hydrogen) atoms. The van der Waals surface area contributed by atoms with Gasteiger partial charge >= 0.3 is 5.69 Å². The van der Waals surface area contributed by atoms with Crippen molar-refractivity contribution in [3.8, 4) is 5.75 Å². The van der Waals surface area contributed by atoms with Gasteiger partial charge in [-0.3, -0.25) is 10.1 Å². The zero-order valence-corrected chi connectivity index (χ0v) is 17.9. The van der Waals surface area contributed by atoms with E-state index in [4.69, 9.17) is 4.74 Å². The first-order chi connectivity index (χ1) is 15.9. The fourth-order valence-corrected chi connectivity index (χ4v) is 3.39. The van der Waals surface area contributed by atoms with Crippen molar-refractivity contribution in [2.75, 3.05) is 19.0 Å². The summed E-state index contributed by atoms with van der Waals surface area (Å²) in [5.74, 6) is -0.849. The normalized spacial score (nSPS) is 12.7. The predicted molar refractivity (Wildman–Crippen MR) is 119 cm³/mol. The number of aromatic nitrogens is 1. The number of hydrogen-bond acceptors (Lipinski definition) is 7. The third-order valence-corrected chi connectivity index (χ3v) is 4.96. The fourth-order valence-electron chi connectivity index (χ4n) is 3.39. The molecule has 0 radical (unpaired) electrons. The molecule has 8 nitrogen and oxygen atoms in total. The number of aliphatic hydroxyl groups is 1. The van der Waals surface area contributed by atoms with E-state index in [1.165, 1.54) is 18.3 Å². The zero-order valence-electron chi connectivity index (χ0n) is 17.9. The Morgan fingerprint density at radius 3 is 2.58 bits per heavy atom. The molecule has 3 rings (SSSR count). The number of nitrogens with zero attached hydrogens (tertiary/aromatic N) is 2. The van der Waals surface area contributed by atoms with E-state index in [1.807, 2.05) is 24.3 Å². The van der Waals surface area contributed by atoms with Crippen LogP contribution in [0.1, 0.15) is 11.1 Å². The molecule has 3 aromatic rings. The molecule has 0 fully saturated rings. The van der Waals surface area contributed by atoms with Gasteiger partial charge in [-0.05, 0) is 47.9 Å². The standard InChI is InChI=1S/C23H24F2N4O4/c1-33-19-5-2-4-15(10-19)13-26-14-22(30)20(11-16-8-17(24)12-18(25)9-16)28-23-21(29(31)32)6-3-7-27-23/h2-10,12,20,22,26,30H,11,13-14H2,1H3,(H,27,28)/t20-,22+/m0/s1. The van der Waals surface area contributed by atoms with Crippen LogP contribution >= 0.6 is 0 Å². The van der Waals surface area contributed by atoms with Crippen molar-refractivity contribution in [3.63, 3.8) is 0 Å². The van der Waals surface area contributed by atoms with Gasteiger partial charge in [-0.15, -0.1) is 0 Å². The number of halogens is 2. The molecule has 0 amide bonds. The second kappa shape index (κ2) is 11.3. The van der Waals surface area contributed by atoms with E-state index in [0.717, 1.165) is 23.8 Å². The molecule has 0 aliphatic heterocycles. The maximum absolute atomic E-state index is 13.7. The average Bonchev–Trinajstić information content (AvgIpc) is 2.78. The number of ether oxygens (including phenoxy) is 1. The van der Waals surface area contributed by atoms with Gasteiger partial charge in [0.15, 0.2) is 0 Å².